The number of anilines is 4. The maximum Gasteiger partial charge on any atom is 0.242 e. The Morgan fingerprint density at radius 3 is 2.39 bits per heavy atom. The fourth-order valence-corrected chi connectivity index (χ4v) is 11.8. The number of ether oxygens (including phenoxy) is 1. The van der Waals surface area contributed by atoms with Crippen LogP contribution in [0.3, 0.4) is 0 Å². The number of hydrogen-bond acceptors (Lipinski definition) is 9. The topological polar surface area (TPSA) is 134 Å². The van der Waals surface area contributed by atoms with Gasteiger partial charge in [0.05, 0.1) is 40.3 Å². The highest BCUT2D eigenvalue weighted by atomic mass is 35.5. The third kappa shape index (κ3) is 6.06. The molecule has 4 aromatic carbocycles. The Hall–Kier alpha value is -6.08. The number of amides is 4. The second-order valence-corrected chi connectivity index (χ2v) is 18.0. The summed E-state index contributed by atoms with van der Waals surface area (Å²) in [6.45, 7) is 3.67. The van der Waals surface area contributed by atoms with Crippen LogP contribution in [-0.4, -0.2) is 51.7 Å². The number of imide groups is 2. The lowest BCUT2D eigenvalue weighted by atomic mass is 9.51. The summed E-state index contributed by atoms with van der Waals surface area (Å²) < 4.78 is 8.73. The number of benzene rings is 4. The van der Waals surface area contributed by atoms with E-state index in [2.05, 4.69) is 5.32 Å². The molecule has 3 fully saturated rings. The van der Waals surface area contributed by atoms with Crippen LogP contribution in [0.5, 0.6) is 5.75 Å². The number of aliphatic hydroxyl groups is 1. The van der Waals surface area contributed by atoms with Gasteiger partial charge in [0, 0.05) is 45.7 Å². The van der Waals surface area contributed by atoms with Crippen molar-refractivity contribution in [2.45, 2.75) is 32.6 Å². The summed E-state index contributed by atoms with van der Waals surface area (Å²) in [5, 5.41) is 19.6. The highest BCUT2D eigenvalue weighted by Gasteiger charge is 2.68. The zero-order valence-corrected chi connectivity index (χ0v) is 35.2. The highest BCUT2D eigenvalue weighted by Crippen LogP contribution is 2.64. The van der Waals surface area contributed by atoms with Crippen LogP contribution in [-0.2, 0) is 26.2 Å². The van der Waals surface area contributed by atoms with Gasteiger partial charge >= 0.3 is 0 Å². The molecule has 13 heteroatoms. The minimum absolute atomic E-state index is 0.0266. The molecule has 11 nitrogen and oxygen atoms in total. The Labute approximate surface area is 361 Å². The number of carbonyl (C=O) groups excluding carboxylic acids is 4. The molecule has 1 saturated carbocycles. The lowest BCUT2D eigenvalue weighted by molar-refractivity contribution is -0.131. The zero-order valence-electron chi connectivity index (χ0n) is 33.7. The molecule has 61 heavy (non-hydrogen) atoms. The first-order chi connectivity index (χ1) is 29.5. The van der Waals surface area contributed by atoms with Crippen molar-refractivity contribution in [2.24, 2.45) is 36.1 Å². The predicted molar refractivity (Wildman–Crippen MR) is 236 cm³/mol. The summed E-state index contributed by atoms with van der Waals surface area (Å²) in [6.07, 6.45) is 2.54. The van der Waals surface area contributed by atoms with Crippen LogP contribution in [0.1, 0.15) is 36.8 Å². The second kappa shape index (κ2) is 14.8. The number of halogens is 1. The minimum atomic E-state index is -1.30. The van der Waals surface area contributed by atoms with E-state index < -0.39 is 35.0 Å². The standard InChI is InChI=1S/C48H42ClN5O6S/c1-26-34-23-27(49)13-20-39(34)61-43(26)37-25-40(52(3)51-37)54-45(57)36-24-35-31(42(48(36,2)47(54)59)32-11-7-8-12-38(32)60-22-21-55)18-19-33-41(35)46(58)53(44(33)56)30-16-14-29(15-17-30)50-28-9-5-4-6-10-28/h4-18,20,23,25,33,35-36,41-42,50,55H,19,21-22,24H2,1-3H3/t33-,35+,36-,41-,42+,48+/m0/s1. The highest BCUT2D eigenvalue weighted by molar-refractivity contribution is 7.22. The Balaban J connectivity index is 1.04. The van der Waals surface area contributed by atoms with Crippen molar-refractivity contribution < 1.29 is 29.0 Å². The second-order valence-electron chi connectivity index (χ2n) is 16.5. The fourth-order valence-electron chi connectivity index (χ4n) is 10.4. The number of fused-ring (bicyclic) bond motifs is 5. The number of aromatic nitrogens is 2. The van der Waals surface area contributed by atoms with Crippen LogP contribution < -0.4 is 19.9 Å². The van der Waals surface area contributed by atoms with Crippen molar-refractivity contribution in [3.05, 3.63) is 131 Å². The van der Waals surface area contributed by atoms with Crippen LogP contribution >= 0.6 is 22.9 Å². The van der Waals surface area contributed by atoms with Gasteiger partial charge in [0.2, 0.25) is 23.6 Å². The van der Waals surface area contributed by atoms with Gasteiger partial charge in [0.1, 0.15) is 23.9 Å². The van der Waals surface area contributed by atoms with Gasteiger partial charge in [-0.2, -0.15) is 5.10 Å². The van der Waals surface area contributed by atoms with Gasteiger partial charge in [0.25, 0.3) is 0 Å². The van der Waals surface area contributed by atoms with Crippen molar-refractivity contribution in [1.29, 1.82) is 0 Å². The molecule has 308 valence electrons. The molecule has 4 amide bonds. The first-order valence-electron chi connectivity index (χ1n) is 20.4. The fraction of sp³-hybridized carbons (Fsp3) is 0.271. The summed E-state index contributed by atoms with van der Waals surface area (Å²) >= 11 is 7.92. The molecule has 2 N–H and O–H groups in total. The molecular weight excluding hydrogens is 810 g/mol. The van der Waals surface area contributed by atoms with Crippen molar-refractivity contribution in [2.75, 3.05) is 28.3 Å². The van der Waals surface area contributed by atoms with Crippen LogP contribution in [0.25, 0.3) is 20.7 Å². The molecule has 2 aromatic heterocycles. The molecule has 2 saturated heterocycles. The lowest BCUT2D eigenvalue weighted by Crippen LogP contribution is -2.49. The normalized spacial score (nSPS) is 24.5. The summed E-state index contributed by atoms with van der Waals surface area (Å²) in [5.41, 5.74) is 4.06. The zero-order chi connectivity index (χ0) is 42.3. The number of hydrogen-bond donors (Lipinski definition) is 2. The van der Waals surface area contributed by atoms with Gasteiger partial charge in [-0.05, 0) is 104 Å². The third-order valence-electron chi connectivity index (χ3n) is 13.3. The van der Waals surface area contributed by atoms with Crippen LogP contribution in [0, 0.1) is 36.0 Å². The van der Waals surface area contributed by atoms with Crippen LogP contribution in [0.15, 0.2) is 115 Å². The van der Waals surface area contributed by atoms with E-state index in [4.69, 9.17) is 21.4 Å². The maximum absolute atomic E-state index is 15.3. The van der Waals surface area contributed by atoms with E-state index in [1.807, 2.05) is 98.8 Å². The van der Waals surface area contributed by atoms with Gasteiger partial charge in [0.15, 0.2) is 0 Å². The number of carbonyl (C=O) groups is 4. The monoisotopic (exact) mass is 851 g/mol. The van der Waals surface area contributed by atoms with Gasteiger partial charge in [-0.3, -0.25) is 28.8 Å². The Bertz CT molecular complexity index is 2820. The molecule has 0 unspecified atom stereocenters. The van der Waals surface area contributed by atoms with Crippen LogP contribution in [0.4, 0.5) is 22.9 Å². The molecule has 0 radical (unpaired) electrons. The van der Waals surface area contributed by atoms with Crippen molar-refractivity contribution in [1.82, 2.24) is 9.78 Å². The number of aryl methyl sites for hydroxylation is 2. The van der Waals surface area contributed by atoms with E-state index in [1.165, 1.54) is 9.80 Å². The number of nitrogens with one attached hydrogen (secondary N) is 1. The van der Waals surface area contributed by atoms with Gasteiger partial charge in [-0.15, -0.1) is 11.3 Å². The van der Waals surface area contributed by atoms with Crippen molar-refractivity contribution in [3.63, 3.8) is 0 Å². The van der Waals surface area contributed by atoms with Crippen molar-refractivity contribution in [3.8, 4) is 16.3 Å². The van der Waals surface area contributed by atoms with E-state index >= 15 is 9.59 Å². The van der Waals surface area contributed by atoms with E-state index in [0.29, 0.717) is 40.0 Å². The first-order valence-corrected chi connectivity index (χ1v) is 21.6. The number of allylic oxidation sites excluding steroid dienone is 2. The largest absolute Gasteiger partial charge is 0.491 e. The third-order valence-corrected chi connectivity index (χ3v) is 14.8. The molecule has 2 aliphatic heterocycles. The molecule has 6 atom stereocenters. The van der Waals surface area contributed by atoms with Gasteiger partial charge < -0.3 is 15.2 Å². The lowest BCUT2D eigenvalue weighted by Gasteiger charge is -2.49. The SMILES string of the molecule is Cc1c(-c2cc(N3C(=O)[C@@H]4C[C@@H]5C(=CC[C@@H]6C(=O)N(c7ccc(Nc8ccccc8)cc7)C(=O)[C@@H]65)[C@H](c5ccccc5OCCO)[C@]4(C)C3=O)n(C)n2)sc2ccc(Cl)cc12. The first kappa shape index (κ1) is 39.1. The molecule has 0 spiro atoms. The van der Waals surface area contributed by atoms with Gasteiger partial charge in [-0.1, -0.05) is 59.6 Å². The Kier molecular flexibility index (Phi) is 9.50. The van der Waals surface area contributed by atoms with E-state index in [9.17, 15) is 14.7 Å². The molecule has 10 rings (SSSR count). The summed E-state index contributed by atoms with van der Waals surface area (Å²) in [6, 6.07) is 31.9. The number of rotatable bonds is 9. The molecule has 0 bridgehead atoms. The maximum atomic E-state index is 15.3. The van der Waals surface area contributed by atoms with Crippen LogP contribution in [0.2, 0.25) is 5.02 Å². The quantitative estimate of drug-likeness (QED) is 0.109. The average Bonchev–Trinajstić information content (AvgIpc) is 3.94. The average molecular weight is 852 g/mol. The number of aliphatic hydroxyl groups excluding tert-OH is 1. The van der Waals surface area contributed by atoms with E-state index in [0.717, 1.165) is 37.5 Å². The van der Waals surface area contributed by atoms with E-state index in [1.54, 1.807) is 47.3 Å². The number of para-hydroxylation sites is 2. The van der Waals surface area contributed by atoms with Crippen molar-refractivity contribution >= 4 is 79.5 Å². The number of thiophene rings is 1. The molecule has 4 heterocycles. The molecule has 6 aromatic rings. The molecular formula is C48H42ClN5O6S. The summed E-state index contributed by atoms with van der Waals surface area (Å²) in [7, 11) is 1.73. The Morgan fingerprint density at radius 2 is 1.62 bits per heavy atom. The predicted octanol–water partition coefficient (Wildman–Crippen LogP) is 8.81. The summed E-state index contributed by atoms with van der Waals surface area (Å²) in [5.74, 6) is -3.93. The minimum Gasteiger partial charge on any atom is -0.491 e. The molecule has 2 aliphatic carbocycles. The van der Waals surface area contributed by atoms with E-state index in [-0.39, 0.29) is 43.3 Å². The summed E-state index contributed by atoms with van der Waals surface area (Å²) in [4.78, 5) is 63.0. The molecule has 4 aliphatic rings. The van der Waals surface area contributed by atoms with Gasteiger partial charge in [-0.25, -0.2) is 4.90 Å². The number of nitrogens with zero attached hydrogens (tertiary/aromatic N) is 4. The smallest absolute Gasteiger partial charge is 0.242 e. The Morgan fingerprint density at radius 1 is 0.885 bits per heavy atom.